The third-order valence-corrected chi connectivity index (χ3v) is 7.58. The van der Waals surface area contributed by atoms with E-state index in [-0.39, 0.29) is 40.1 Å². The number of amides is 1. The molecule has 3 aromatic heterocycles. The SMILES string of the molecule is CC(C)Oc1c(C(=O)Nc2cccn([C@H]3C[C@H]3F)c2=O)cn2cc([C@@]34CC[C@@](C)(C3)OC4)nc2c1F. The number of imidazole rings is 1. The zero-order chi connectivity index (χ0) is 25.4. The van der Waals surface area contributed by atoms with Crippen molar-refractivity contribution in [3.63, 3.8) is 0 Å². The summed E-state index contributed by atoms with van der Waals surface area (Å²) in [6.07, 6.45) is 6.13. The molecule has 1 saturated heterocycles. The minimum Gasteiger partial charge on any atom is -0.487 e. The third-order valence-electron chi connectivity index (χ3n) is 7.58. The van der Waals surface area contributed by atoms with Gasteiger partial charge in [-0.1, -0.05) is 0 Å². The van der Waals surface area contributed by atoms with Crippen molar-refractivity contribution in [2.45, 2.75) is 75.8 Å². The first-order valence-electron chi connectivity index (χ1n) is 12.3. The monoisotopic (exact) mass is 498 g/mol. The average Bonchev–Trinajstić information content (AvgIpc) is 3.15. The average molecular weight is 499 g/mol. The highest BCUT2D eigenvalue weighted by atomic mass is 19.1. The lowest BCUT2D eigenvalue weighted by Crippen LogP contribution is -2.26. The molecule has 0 unspecified atom stereocenters. The molecule has 2 bridgehead atoms. The summed E-state index contributed by atoms with van der Waals surface area (Å²) in [5.41, 5.74) is -0.269. The Morgan fingerprint density at radius 2 is 2.11 bits per heavy atom. The summed E-state index contributed by atoms with van der Waals surface area (Å²) in [6.45, 7) is 6.08. The summed E-state index contributed by atoms with van der Waals surface area (Å²) >= 11 is 0. The summed E-state index contributed by atoms with van der Waals surface area (Å²) in [5, 5.41) is 2.57. The van der Waals surface area contributed by atoms with Crippen molar-refractivity contribution in [2.75, 3.05) is 11.9 Å². The first-order chi connectivity index (χ1) is 17.1. The van der Waals surface area contributed by atoms with Crippen molar-refractivity contribution in [3.8, 4) is 5.75 Å². The number of carbonyl (C=O) groups excluding carboxylic acids is 1. The Labute approximate surface area is 206 Å². The fourth-order valence-corrected chi connectivity index (χ4v) is 5.58. The number of aromatic nitrogens is 3. The fraction of sp³-hybridized carbons (Fsp3) is 0.500. The van der Waals surface area contributed by atoms with E-state index in [0.717, 1.165) is 25.0 Å². The van der Waals surface area contributed by atoms with E-state index < -0.39 is 35.6 Å². The Hall–Kier alpha value is -3.27. The highest BCUT2D eigenvalue weighted by molar-refractivity contribution is 6.06. The molecule has 1 amide bonds. The first-order valence-corrected chi connectivity index (χ1v) is 12.3. The summed E-state index contributed by atoms with van der Waals surface area (Å²) in [5.74, 6) is -1.69. The molecule has 3 aliphatic rings. The molecule has 1 aliphatic heterocycles. The van der Waals surface area contributed by atoms with Crippen LogP contribution in [0.2, 0.25) is 0 Å². The van der Waals surface area contributed by atoms with Crippen LogP contribution in [0.1, 0.15) is 68.5 Å². The van der Waals surface area contributed by atoms with E-state index >= 15 is 4.39 Å². The zero-order valence-electron chi connectivity index (χ0n) is 20.4. The van der Waals surface area contributed by atoms with Gasteiger partial charge < -0.3 is 23.8 Å². The van der Waals surface area contributed by atoms with Crippen LogP contribution >= 0.6 is 0 Å². The molecule has 4 heterocycles. The highest BCUT2D eigenvalue weighted by Gasteiger charge is 2.55. The lowest BCUT2D eigenvalue weighted by atomic mass is 9.84. The van der Waals surface area contributed by atoms with E-state index in [2.05, 4.69) is 17.2 Å². The van der Waals surface area contributed by atoms with Gasteiger partial charge in [0.1, 0.15) is 17.4 Å². The standard InChI is InChI=1S/C26H28F2N4O4/c1-14(2)36-21-15(23(33)29-17-5-4-8-32(24(17)34)18-9-16(18)27)10-31-11-19(30-22(31)20(21)28)26-7-6-25(3,12-26)35-13-26/h4-5,8,10-11,14,16,18H,6-7,9,12-13H2,1-3H3,(H,29,33)/t16-,18+,25+,26+/m1/s1. The number of nitrogens with zero attached hydrogens (tertiary/aromatic N) is 3. The van der Waals surface area contributed by atoms with Gasteiger partial charge in [-0.25, -0.2) is 9.37 Å². The van der Waals surface area contributed by atoms with Crippen LogP contribution in [-0.4, -0.2) is 44.3 Å². The molecule has 36 heavy (non-hydrogen) atoms. The fourth-order valence-electron chi connectivity index (χ4n) is 5.58. The lowest BCUT2D eigenvalue weighted by molar-refractivity contribution is -0.00627. The number of fused-ring (bicyclic) bond motifs is 3. The van der Waals surface area contributed by atoms with E-state index in [1.807, 2.05) is 0 Å². The molecule has 0 spiro atoms. The van der Waals surface area contributed by atoms with Gasteiger partial charge in [-0.05, 0) is 52.2 Å². The van der Waals surface area contributed by atoms with Crippen molar-refractivity contribution < 1.29 is 23.0 Å². The third kappa shape index (κ3) is 3.61. The van der Waals surface area contributed by atoms with Gasteiger partial charge in [0.05, 0.1) is 30.0 Å². The van der Waals surface area contributed by atoms with Gasteiger partial charge in [-0.3, -0.25) is 9.59 Å². The van der Waals surface area contributed by atoms with Gasteiger partial charge in [0.2, 0.25) is 5.82 Å². The Kier molecular flexibility index (Phi) is 5.06. The molecule has 0 radical (unpaired) electrons. The van der Waals surface area contributed by atoms with E-state index in [1.165, 1.54) is 27.4 Å². The number of nitrogens with one attached hydrogen (secondary N) is 1. The summed E-state index contributed by atoms with van der Waals surface area (Å²) < 4.78 is 43.8. The number of rotatable bonds is 6. The normalized spacial score (nSPS) is 28.7. The Bertz CT molecular complexity index is 1440. The van der Waals surface area contributed by atoms with Gasteiger partial charge in [0.25, 0.3) is 11.5 Å². The van der Waals surface area contributed by atoms with Crippen LogP contribution in [0, 0.1) is 5.82 Å². The van der Waals surface area contributed by atoms with Crippen molar-refractivity contribution in [1.29, 1.82) is 0 Å². The maximum atomic E-state index is 15.8. The maximum Gasteiger partial charge on any atom is 0.274 e. The smallest absolute Gasteiger partial charge is 0.274 e. The molecule has 2 aliphatic carbocycles. The molecule has 3 aromatic rings. The van der Waals surface area contributed by atoms with Gasteiger partial charge in [0.15, 0.2) is 11.4 Å². The highest BCUT2D eigenvalue weighted by Crippen LogP contribution is 2.53. The molecule has 3 fully saturated rings. The van der Waals surface area contributed by atoms with Crippen LogP contribution in [0.3, 0.4) is 0 Å². The molecular weight excluding hydrogens is 470 g/mol. The van der Waals surface area contributed by atoms with Gasteiger partial charge in [-0.15, -0.1) is 0 Å². The van der Waals surface area contributed by atoms with Crippen LogP contribution in [0.25, 0.3) is 5.65 Å². The van der Waals surface area contributed by atoms with Crippen molar-refractivity contribution in [3.05, 3.63) is 58.2 Å². The lowest BCUT2D eigenvalue weighted by Gasteiger charge is -2.24. The molecule has 1 N–H and O–H groups in total. The topological polar surface area (TPSA) is 86.9 Å². The van der Waals surface area contributed by atoms with Crippen LogP contribution in [0.15, 0.2) is 35.5 Å². The number of alkyl halides is 1. The predicted octanol–water partition coefficient (Wildman–Crippen LogP) is 4.17. The van der Waals surface area contributed by atoms with Gasteiger partial charge >= 0.3 is 0 Å². The summed E-state index contributed by atoms with van der Waals surface area (Å²) in [4.78, 5) is 30.7. The molecule has 4 atom stereocenters. The van der Waals surface area contributed by atoms with Crippen LogP contribution in [-0.2, 0) is 10.2 Å². The number of hydrogen-bond acceptors (Lipinski definition) is 5. The Morgan fingerprint density at radius 3 is 2.72 bits per heavy atom. The summed E-state index contributed by atoms with van der Waals surface area (Å²) in [6, 6.07) is 2.48. The number of halogens is 2. The van der Waals surface area contributed by atoms with Crippen LogP contribution in [0.5, 0.6) is 5.75 Å². The zero-order valence-corrected chi connectivity index (χ0v) is 20.4. The minimum atomic E-state index is -1.07. The number of ether oxygens (including phenoxy) is 2. The van der Waals surface area contributed by atoms with E-state index in [1.54, 1.807) is 26.1 Å². The molecule has 2 saturated carbocycles. The van der Waals surface area contributed by atoms with Crippen molar-refractivity contribution in [1.82, 2.24) is 14.0 Å². The predicted molar refractivity (Wildman–Crippen MR) is 128 cm³/mol. The number of carbonyl (C=O) groups is 1. The quantitative estimate of drug-likeness (QED) is 0.551. The molecule has 8 nitrogen and oxygen atoms in total. The second-order valence-corrected chi connectivity index (χ2v) is 10.8. The number of anilines is 1. The number of hydrogen-bond donors (Lipinski definition) is 1. The van der Waals surface area contributed by atoms with E-state index in [4.69, 9.17) is 9.47 Å². The Morgan fingerprint density at radius 1 is 1.33 bits per heavy atom. The molecule has 6 rings (SSSR count). The second kappa shape index (κ2) is 7.86. The molecule has 190 valence electrons. The van der Waals surface area contributed by atoms with Crippen molar-refractivity contribution >= 4 is 17.2 Å². The largest absolute Gasteiger partial charge is 0.487 e. The molecule has 10 heteroatoms. The number of pyridine rings is 2. The molecule has 0 aromatic carbocycles. The first kappa shape index (κ1) is 23.1. The van der Waals surface area contributed by atoms with E-state index in [0.29, 0.717) is 6.61 Å². The van der Waals surface area contributed by atoms with Gasteiger partial charge in [0, 0.05) is 30.4 Å². The van der Waals surface area contributed by atoms with Gasteiger partial charge in [-0.2, -0.15) is 4.39 Å². The maximum absolute atomic E-state index is 15.8. The van der Waals surface area contributed by atoms with Crippen LogP contribution < -0.4 is 15.6 Å². The Balaban J connectivity index is 1.39. The molecular formula is C26H28F2N4O4. The van der Waals surface area contributed by atoms with Crippen molar-refractivity contribution in [2.24, 2.45) is 0 Å². The minimum absolute atomic E-state index is 0.0174. The van der Waals surface area contributed by atoms with E-state index in [9.17, 15) is 14.0 Å². The van der Waals surface area contributed by atoms with Crippen LogP contribution in [0.4, 0.5) is 14.5 Å². The summed E-state index contributed by atoms with van der Waals surface area (Å²) in [7, 11) is 0. The second-order valence-electron chi connectivity index (χ2n) is 10.8.